The van der Waals surface area contributed by atoms with Crippen LogP contribution in [-0.2, 0) is 5.41 Å². The van der Waals surface area contributed by atoms with Gasteiger partial charge in [0, 0.05) is 33.2 Å². The van der Waals surface area contributed by atoms with E-state index in [-0.39, 0.29) is 0 Å². The van der Waals surface area contributed by atoms with E-state index in [1.165, 1.54) is 44.5 Å². The first-order chi connectivity index (χ1) is 30.8. The van der Waals surface area contributed by atoms with Gasteiger partial charge in [0.2, 0.25) is 0 Å². The molecular formula is C58H36N4. The van der Waals surface area contributed by atoms with Crippen molar-refractivity contribution in [2.45, 2.75) is 5.41 Å². The van der Waals surface area contributed by atoms with Gasteiger partial charge in [-0.3, -0.25) is 0 Å². The summed E-state index contributed by atoms with van der Waals surface area (Å²) in [5.41, 5.74) is 18.4. The fourth-order valence-corrected chi connectivity index (χ4v) is 10.6. The average molecular weight is 789 g/mol. The van der Waals surface area contributed by atoms with Gasteiger partial charge in [-0.15, -0.1) is 0 Å². The molecule has 0 N–H and O–H groups in total. The van der Waals surface area contributed by atoms with Crippen molar-refractivity contribution in [2.24, 2.45) is 0 Å². The molecule has 1 spiro atoms. The molecule has 4 heteroatoms. The van der Waals surface area contributed by atoms with Crippen LogP contribution in [0.1, 0.15) is 22.3 Å². The fraction of sp³-hybridized carbons (Fsp3) is 0.0172. The number of hydrogen-bond donors (Lipinski definition) is 0. The van der Waals surface area contributed by atoms with Gasteiger partial charge in [0.25, 0.3) is 0 Å². The Balaban J connectivity index is 1.02. The standard InChI is InChI=1S/C58H36N4/c1-3-18-37(19-4-1)55-59-56(61-57(60-55)46-28-17-33-53-54(46)45-27-12-16-32-52(45)62(53)39-20-5-2-6-21-39)44-26-8-7-22-40(44)38-34-35-51-47(36-38)43-25-11-15-31-50(43)58(51)48-29-13-9-23-41(48)42-24-10-14-30-49(42)58/h1-36H. The predicted molar refractivity (Wildman–Crippen MR) is 252 cm³/mol. The average Bonchev–Trinajstić information content (AvgIpc) is 3.96. The first-order valence-electron chi connectivity index (χ1n) is 21.2. The highest BCUT2D eigenvalue weighted by atomic mass is 15.0. The van der Waals surface area contributed by atoms with Gasteiger partial charge in [-0.05, 0) is 86.0 Å². The Morgan fingerprint density at radius 3 is 1.48 bits per heavy atom. The molecule has 0 radical (unpaired) electrons. The van der Waals surface area contributed by atoms with E-state index >= 15 is 0 Å². The summed E-state index contributed by atoms with van der Waals surface area (Å²) >= 11 is 0. The van der Waals surface area contributed by atoms with Crippen LogP contribution in [0.4, 0.5) is 0 Å². The summed E-state index contributed by atoms with van der Waals surface area (Å²) in [5, 5.41) is 2.26. The Hall–Kier alpha value is -8.21. The van der Waals surface area contributed by atoms with Gasteiger partial charge in [0.15, 0.2) is 17.5 Å². The lowest BCUT2D eigenvalue weighted by molar-refractivity contribution is 0.794. The van der Waals surface area contributed by atoms with E-state index in [0.717, 1.165) is 55.3 Å². The van der Waals surface area contributed by atoms with Crippen LogP contribution in [0.2, 0.25) is 0 Å². The summed E-state index contributed by atoms with van der Waals surface area (Å²) in [6.45, 7) is 0. The second-order valence-corrected chi connectivity index (χ2v) is 16.3. The second-order valence-electron chi connectivity index (χ2n) is 16.3. The Morgan fingerprint density at radius 2 is 0.790 bits per heavy atom. The van der Waals surface area contributed by atoms with Crippen LogP contribution in [0.3, 0.4) is 0 Å². The lowest BCUT2D eigenvalue weighted by Gasteiger charge is -2.30. The number of aromatic nitrogens is 4. The van der Waals surface area contributed by atoms with Gasteiger partial charge < -0.3 is 4.57 Å². The SMILES string of the molecule is c1ccc(-c2nc(-c3ccccc3-c3ccc4c(c3)-c3ccccc3C43c4ccccc4-c4ccccc43)nc(-c3cccc4c3c3ccccc3n4-c3ccccc3)n2)cc1. The van der Waals surface area contributed by atoms with Gasteiger partial charge in [-0.25, -0.2) is 15.0 Å². The monoisotopic (exact) mass is 788 g/mol. The molecule has 2 aliphatic carbocycles. The third kappa shape index (κ3) is 4.86. The number of para-hydroxylation sites is 2. The highest BCUT2D eigenvalue weighted by Crippen LogP contribution is 2.63. The molecule has 0 unspecified atom stereocenters. The summed E-state index contributed by atoms with van der Waals surface area (Å²) in [7, 11) is 0. The number of rotatable bonds is 5. The van der Waals surface area contributed by atoms with Crippen molar-refractivity contribution in [3.8, 4) is 73.2 Å². The van der Waals surface area contributed by atoms with Crippen molar-refractivity contribution < 1.29 is 0 Å². The zero-order valence-electron chi connectivity index (χ0n) is 33.6. The molecule has 2 heterocycles. The molecule has 2 aromatic heterocycles. The van der Waals surface area contributed by atoms with Gasteiger partial charge in [0.05, 0.1) is 16.4 Å². The van der Waals surface area contributed by atoms with Crippen molar-refractivity contribution in [2.75, 3.05) is 0 Å². The molecule has 288 valence electrons. The Bertz CT molecular complexity index is 3540. The zero-order valence-corrected chi connectivity index (χ0v) is 33.6. The van der Waals surface area contributed by atoms with E-state index in [1.54, 1.807) is 0 Å². The molecule has 4 nitrogen and oxygen atoms in total. The molecule has 0 bridgehead atoms. The van der Waals surface area contributed by atoms with Crippen molar-refractivity contribution in [3.63, 3.8) is 0 Å². The molecular weight excluding hydrogens is 753 g/mol. The van der Waals surface area contributed by atoms with E-state index in [1.807, 2.05) is 18.2 Å². The smallest absolute Gasteiger partial charge is 0.164 e. The molecule has 0 saturated carbocycles. The topological polar surface area (TPSA) is 43.6 Å². The minimum atomic E-state index is -0.393. The highest BCUT2D eigenvalue weighted by molar-refractivity contribution is 6.15. The van der Waals surface area contributed by atoms with Crippen LogP contribution >= 0.6 is 0 Å². The third-order valence-electron chi connectivity index (χ3n) is 13.1. The lowest BCUT2D eigenvalue weighted by atomic mass is 9.70. The summed E-state index contributed by atoms with van der Waals surface area (Å²) in [5.74, 6) is 1.89. The minimum Gasteiger partial charge on any atom is -0.309 e. The summed E-state index contributed by atoms with van der Waals surface area (Å²) < 4.78 is 2.34. The van der Waals surface area contributed by atoms with E-state index in [0.29, 0.717) is 17.5 Å². The Labute approximate surface area is 359 Å². The quantitative estimate of drug-likeness (QED) is 0.174. The summed E-state index contributed by atoms with van der Waals surface area (Å²) in [6.07, 6.45) is 0. The maximum atomic E-state index is 5.41. The van der Waals surface area contributed by atoms with Gasteiger partial charge in [0.1, 0.15) is 0 Å². The predicted octanol–water partition coefficient (Wildman–Crippen LogP) is 14.0. The van der Waals surface area contributed by atoms with Gasteiger partial charge in [-0.2, -0.15) is 0 Å². The zero-order chi connectivity index (χ0) is 40.8. The number of benzene rings is 9. The van der Waals surface area contributed by atoms with E-state index in [9.17, 15) is 0 Å². The molecule has 0 aliphatic heterocycles. The van der Waals surface area contributed by atoms with E-state index < -0.39 is 5.41 Å². The molecule has 2 aliphatic rings. The first-order valence-corrected chi connectivity index (χ1v) is 21.2. The number of hydrogen-bond acceptors (Lipinski definition) is 3. The highest BCUT2D eigenvalue weighted by Gasteiger charge is 2.51. The van der Waals surface area contributed by atoms with Crippen LogP contribution in [0.25, 0.3) is 95.0 Å². The lowest BCUT2D eigenvalue weighted by Crippen LogP contribution is -2.25. The summed E-state index contributed by atoms with van der Waals surface area (Å²) in [4.78, 5) is 15.9. The number of nitrogens with zero attached hydrogens (tertiary/aromatic N) is 4. The fourth-order valence-electron chi connectivity index (χ4n) is 10.6. The molecule has 62 heavy (non-hydrogen) atoms. The van der Waals surface area contributed by atoms with E-state index in [4.69, 9.17) is 15.0 Å². The van der Waals surface area contributed by atoms with Crippen molar-refractivity contribution >= 4 is 21.8 Å². The largest absolute Gasteiger partial charge is 0.309 e. The Kier molecular flexibility index (Phi) is 7.49. The Morgan fingerprint density at radius 1 is 0.306 bits per heavy atom. The van der Waals surface area contributed by atoms with Crippen LogP contribution in [-0.4, -0.2) is 19.5 Å². The van der Waals surface area contributed by atoms with Crippen LogP contribution in [0.5, 0.6) is 0 Å². The summed E-state index contributed by atoms with van der Waals surface area (Å²) in [6, 6.07) is 78.4. The molecule has 0 atom stereocenters. The van der Waals surface area contributed by atoms with Gasteiger partial charge >= 0.3 is 0 Å². The van der Waals surface area contributed by atoms with Crippen LogP contribution in [0.15, 0.2) is 218 Å². The van der Waals surface area contributed by atoms with Crippen LogP contribution in [0, 0.1) is 0 Å². The second kappa shape index (κ2) is 13.4. The molecule has 0 saturated heterocycles. The molecule has 9 aromatic carbocycles. The van der Waals surface area contributed by atoms with E-state index in [2.05, 4.69) is 205 Å². The molecule has 11 aromatic rings. The maximum absolute atomic E-state index is 5.41. The number of fused-ring (bicyclic) bond motifs is 13. The normalized spacial score (nSPS) is 13.0. The van der Waals surface area contributed by atoms with Crippen molar-refractivity contribution in [1.29, 1.82) is 0 Å². The third-order valence-corrected chi connectivity index (χ3v) is 13.1. The first kappa shape index (κ1) is 34.6. The van der Waals surface area contributed by atoms with Crippen molar-refractivity contribution in [1.82, 2.24) is 19.5 Å². The maximum Gasteiger partial charge on any atom is 0.164 e. The van der Waals surface area contributed by atoms with Gasteiger partial charge in [-0.1, -0.05) is 188 Å². The molecule has 0 amide bonds. The van der Waals surface area contributed by atoms with Crippen molar-refractivity contribution in [3.05, 3.63) is 241 Å². The molecule has 13 rings (SSSR count). The molecule has 0 fully saturated rings. The minimum absolute atomic E-state index is 0.393. The van der Waals surface area contributed by atoms with Crippen LogP contribution < -0.4 is 0 Å².